The number of aliphatic carboxylic acids is 1. The fourth-order valence-corrected chi connectivity index (χ4v) is 1.27. The Hall–Kier alpha value is -2.18. The number of nitro benzene ring substituents is 1. The third kappa shape index (κ3) is 2.25. The fourth-order valence-electron chi connectivity index (χ4n) is 1.27. The molecular formula is C9H8FNO5. The van der Waals surface area contributed by atoms with Crippen molar-refractivity contribution in [3.05, 3.63) is 33.6 Å². The highest BCUT2D eigenvalue weighted by molar-refractivity contribution is 5.73. The smallest absolute Gasteiger partial charge is 0.317 e. The van der Waals surface area contributed by atoms with Crippen molar-refractivity contribution in [2.75, 3.05) is 7.11 Å². The van der Waals surface area contributed by atoms with Gasteiger partial charge in [-0.3, -0.25) is 14.9 Å². The summed E-state index contributed by atoms with van der Waals surface area (Å²) in [6.07, 6.45) is -0.765. The van der Waals surface area contributed by atoms with Crippen LogP contribution >= 0.6 is 0 Å². The summed E-state index contributed by atoms with van der Waals surface area (Å²) < 4.78 is 17.9. The first kappa shape index (κ1) is 11.9. The first-order valence-corrected chi connectivity index (χ1v) is 4.19. The lowest BCUT2D eigenvalue weighted by Gasteiger charge is -2.06. The zero-order valence-electron chi connectivity index (χ0n) is 8.27. The predicted octanol–water partition coefficient (Wildman–Crippen LogP) is 1.37. The van der Waals surface area contributed by atoms with Gasteiger partial charge in [0, 0.05) is 0 Å². The van der Waals surface area contributed by atoms with Crippen LogP contribution in [0.2, 0.25) is 0 Å². The molecule has 0 heterocycles. The van der Waals surface area contributed by atoms with E-state index >= 15 is 0 Å². The van der Waals surface area contributed by atoms with Crippen LogP contribution < -0.4 is 4.74 Å². The van der Waals surface area contributed by atoms with Gasteiger partial charge in [0.25, 0.3) is 0 Å². The van der Waals surface area contributed by atoms with E-state index in [1.165, 1.54) is 7.11 Å². The van der Waals surface area contributed by atoms with Crippen LogP contribution in [0.3, 0.4) is 0 Å². The molecule has 0 aliphatic carbocycles. The van der Waals surface area contributed by atoms with E-state index in [-0.39, 0.29) is 5.75 Å². The van der Waals surface area contributed by atoms with E-state index in [1.54, 1.807) is 0 Å². The number of nitro groups is 1. The molecule has 0 radical (unpaired) electrons. The molecular weight excluding hydrogens is 221 g/mol. The van der Waals surface area contributed by atoms with Gasteiger partial charge in [0.2, 0.25) is 0 Å². The molecule has 0 saturated heterocycles. The van der Waals surface area contributed by atoms with Gasteiger partial charge in [-0.25, -0.2) is 4.39 Å². The summed E-state index contributed by atoms with van der Waals surface area (Å²) in [6, 6.07) is 2.02. The minimum atomic E-state index is -1.35. The van der Waals surface area contributed by atoms with Gasteiger partial charge in [0.05, 0.1) is 24.0 Å². The summed E-state index contributed by atoms with van der Waals surface area (Å²) in [4.78, 5) is 20.3. The summed E-state index contributed by atoms with van der Waals surface area (Å²) in [7, 11) is 1.19. The lowest BCUT2D eigenvalue weighted by Crippen LogP contribution is -2.07. The van der Waals surface area contributed by atoms with Crippen LogP contribution in [-0.4, -0.2) is 23.1 Å². The minimum Gasteiger partial charge on any atom is -0.490 e. The number of methoxy groups -OCH3 is 1. The number of halogens is 1. The highest BCUT2D eigenvalue weighted by Crippen LogP contribution is 2.32. The molecule has 0 unspecified atom stereocenters. The normalized spacial score (nSPS) is 9.88. The van der Waals surface area contributed by atoms with Crippen molar-refractivity contribution in [3.8, 4) is 5.75 Å². The molecule has 0 aliphatic rings. The lowest BCUT2D eigenvalue weighted by molar-refractivity contribution is -0.386. The molecule has 1 N–H and O–H groups in total. The Morgan fingerprint density at radius 1 is 1.62 bits per heavy atom. The molecule has 1 aromatic carbocycles. The molecule has 0 amide bonds. The number of ether oxygens (including phenoxy) is 1. The number of carbonyl (C=O) groups is 1. The second-order valence-corrected chi connectivity index (χ2v) is 2.90. The second kappa shape index (κ2) is 4.56. The molecule has 0 atom stereocenters. The van der Waals surface area contributed by atoms with Gasteiger partial charge < -0.3 is 9.84 Å². The Labute approximate surface area is 89.4 Å². The maximum absolute atomic E-state index is 13.3. The summed E-state index contributed by atoms with van der Waals surface area (Å²) in [6.45, 7) is 0. The standard InChI is InChI=1S/C9H8FNO5/c1-16-7-3-2-6(10)5(4-8(12)13)9(7)11(14)15/h2-3H,4H2,1H3,(H,12,13). The molecule has 0 aromatic heterocycles. The molecule has 0 bridgehead atoms. The van der Waals surface area contributed by atoms with Crippen molar-refractivity contribution in [2.45, 2.75) is 6.42 Å². The highest BCUT2D eigenvalue weighted by Gasteiger charge is 2.25. The third-order valence-electron chi connectivity index (χ3n) is 1.92. The fraction of sp³-hybridized carbons (Fsp3) is 0.222. The molecule has 0 aliphatic heterocycles. The molecule has 0 fully saturated rings. The summed E-state index contributed by atoms with van der Waals surface area (Å²) in [5, 5.41) is 19.2. The number of benzene rings is 1. The zero-order valence-corrected chi connectivity index (χ0v) is 8.27. The maximum Gasteiger partial charge on any atom is 0.317 e. The Morgan fingerprint density at radius 3 is 2.69 bits per heavy atom. The largest absolute Gasteiger partial charge is 0.490 e. The molecule has 1 aromatic rings. The number of hydrogen-bond donors (Lipinski definition) is 1. The summed E-state index contributed by atoms with van der Waals surface area (Å²) in [5.41, 5.74) is -1.14. The molecule has 7 heteroatoms. The Balaban J connectivity index is 3.41. The SMILES string of the molecule is COc1ccc(F)c(CC(=O)O)c1[N+](=O)[O-]. The quantitative estimate of drug-likeness (QED) is 0.622. The third-order valence-corrected chi connectivity index (χ3v) is 1.92. The number of rotatable bonds is 4. The van der Waals surface area contributed by atoms with Crippen LogP contribution in [-0.2, 0) is 11.2 Å². The van der Waals surface area contributed by atoms with Crippen molar-refractivity contribution in [1.29, 1.82) is 0 Å². The van der Waals surface area contributed by atoms with Crippen LogP contribution in [0.1, 0.15) is 5.56 Å². The summed E-state index contributed by atoms with van der Waals surface area (Å²) >= 11 is 0. The number of nitrogens with zero attached hydrogens (tertiary/aromatic N) is 1. The number of carboxylic acid groups (broad SMARTS) is 1. The van der Waals surface area contributed by atoms with E-state index in [2.05, 4.69) is 4.74 Å². The van der Waals surface area contributed by atoms with Gasteiger partial charge >= 0.3 is 11.7 Å². The van der Waals surface area contributed by atoms with Crippen LogP contribution in [0.5, 0.6) is 5.75 Å². The molecule has 1 rings (SSSR count). The van der Waals surface area contributed by atoms with E-state index in [9.17, 15) is 19.3 Å². The average molecular weight is 229 g/mol. The van der Waals surface area contributed by atoms with Crippen molar-refractivity contribution >= 4 is 11.7 Å². The van der Waals surface area contributed by atoms with E-state index in [0.29, 0.717) is 0 Å². The number of carboxylic acids is 1. The Morgan fingerprint density at radius 2 is 2.25 bits per heavy atom. The molecule has 86 valence electrons. The topological polar surface area (TPSA) is 89.7 Å². The highest BCUT2D eigenvalue weighted by atomic mass is 19.1. The molecule has 6 nitrogen and oxygen atoms in total. The van der Waals surface area contributed by atoms with Crippen LogP contribution in [0.15, 0.2) is 12.1 Å². The maximum atomic E-state index is 13.3. The first-order chi connectivity index (χ1) is 7.47. The van der Waals surface area contributed by atoms with Crippen molar-refractivity contribution in [2.24, 2.45) is 0 Å². The van der Waals surface area contributed by atoms with Gasteiger partial charge in [0.15, 0.2) is 5.75 Å². The van der Waals surface area contributed by atoms with Gasteiger partial charge in [-0.1, -0.05) is 0 Å². The summed E-state index contributed by atoms with van der Waals surface area (Å²) in [5.74, 6) is -2.45. The predicted molar refractivity (Wildman–Crippen MR) is 50.9 cm³/mol. The van der Waals surface area contributed by atoms with E-state index in [4.69, 9.17) is 5.11 Å². The number of hydrogen-bond acceptors (Lipinski definition) is 4. The average Bonchev–Trinajstić information content (AvgIpc) is 2.19. The Kier molecular flexibility index (Phi) is 3.39. The van der Waals surface area contributed by atoms with Gasteiger partial charge in [0.1, 0.15) is 5.82 Å². The van der Waals surface area contributed by atoms with Gasteiger partial charge in [-0.15, -0.1) is 0 Å². The first-order valence-electron chi connectivity index (χ1n) is 4.19. The molecule has 0 spiro atoms. The van der Waals surface area contributed by atoms with E-state index in [1.807, 2.05) is 0 Å². The van der Waals surface area contributed by atoms with Crippen LogP contribution in [0.4, 0.5) is 10.1 Å². The van der Waals surface area contributed by atoms with Crippen molar-refractivity contribution < 1.29 is 24.0 Å². The molecule has 16 heavy (non-hydrogen) atoms. The monoisotopic (exact) mass is 229 g/mol. The Bertz CT molecular complexity index is 446. The van der Waals surface area contributed by atoms with Gasteiger partial charge in [-0.05, 0) is 12.1 Å². The minimum absolute atomic E-state index is 0.164. The van der Waals surface area contributed by atoms with Gasteiger partial charge in [-0.2, -0.15) is 0 Å². The molecule has 0 saturated carbocycles. The zero-order chi connectivity index (χ0) is 12.3. The van der Waals surface area contributed by atoms with E-state index in [0.717, 1.165) is 12.1 Å². The van der Waals surface area contributed by atoms with Crippen LogP contribution in [0, 0.1) is 15.9 Å². The van der Waals surface area contributed by atoms with Crippen molar-refractivity contribution in [3.63, 3.8) is 0 Å². The van der Waals surface area contributed by atoms with E-state index < -0.39 is 34.4 Å². The lowest BCUT2D eigenvalue weighted by atomic mass is 10.1. The van der Waals surface area contributed by atoms with Crippen molar-refractivity contribution in [1.82, 2.24) is 0 Å². The second-order valence-electron chi connectivity index (χ2n) is 2.90. The van der Waals surface area contributed by atoms with Crippen LogP contribution in [0.25, 0.3) is 0 Å².